The van der Waals surface area contributed by atoms with Gasteiger partial charge in [-0.1, -0.05) is 29.2 Å². The lowest BCUT2D eigenvalue weighted by Gasteiger charge is -2.01. The Kier molecular flexibility index (Phi) is 3.89. The highest BCUT2D eigenvalue weighted by molar-refractivity contribution is 8.01. The van der Waals surface area contributed by atoms with Crippen LogP contribution in [0.1, 0.15) is 0 Å². The first kappa shape index (κ1) is 11.8. The molecule has 2 aromatic rings. The SMILES string of the molecule is Nc1nnc(SCC(=O)Nc2ccccn2)s1. The maximum atomic E-state index is 11.5. The maximum absolute atomic E-state index is 11.5. The molecule has 6 nitrogen and oxygen atoms in total. The van der Waals surface area contributed by atoms with E-state index in [1.165, 1.54) is 23.1 Å². The molecule has 0 radical (unpaired) electrons. The molecule has 0 fully saturated rings. The largest absolute Gasteiger partial charge is 0.374 e. The second-order valence-electron chi connectivity index (χ2n) is 2.96. The summed E-state index contributed by atoms with van der Waals surface area (Å²) in [7, 11) is 0. The van der Waals surface area contributed by atoms with Gasteiger partial charge in [0.25, 0.3) is 0 Å². The number of carbonyl (C=O) groups excluding carboxylic acids is 1. The van der Waals surface area contributed by atoms with Crippen molar-refractivity contribution in [2.24, 2.45) is 0 Å². The van der Waals surface area contributed by atoms with Gasteiger partial charge in [0, 0.05) is 6.20 Å². The first-order chi connectivity index (χ1) is 8.24. The highest BCUT2D eigenvalue weighted by Gasteiger charge is 2.07. The van der Waals surface area contributed by atoms with Gasteiger partial charge in [-0.05, 0) is 12.1 Å². The molecule has 0 unspecified atom stereocenters. The second-order valence-corrected chi connectivity index (χ2v) is 5.19. The van der Waals surface area contributed by atoms with Crippen molar-refractivity contribution in [3.05, 3.63) is 24.4 Å². The minimum atomic E-state index is -0.137. The fraction of sp³-hybridized carbons (Fsp3) is 0.111. The van der Waals surface area contributed by atoms with Crippen molar-refractivity contribution in [2.75, 3.05) is 16.8 Å². The lowest BCUT2D eigenvalue weighted by molar-refractivity contribution is -0.113. The summed E-state index contributed by atoms with van der Waals surface area (Å²) in [5.41, 5.74) is 5.43. The van der Waals surface area contributed by atoms with Gasteiger partial charge in [0.1, 0.15) is 5.82 Å². The van der Waals surface area contributed by atoms with Crippen molar-refractivity contribution in [1.29, 1.82) is 0 Å². The van der Waals surface area contributed by atoms with Crippen molar-refractivity contribution < 1.29 is 4.79 Å². The van der Waals surface area contributed by atoms with E-state index in [0.717, 1.165) is 0 Å². The molecule has 3 N–H and O–H groups in total. The molecule has 0 spiro atoms. The van der Waals surface area contributed by atoms with E-state index in [9.17, 15) is 4.79 Å². The molecule has 2 aromatic heterocycles. The zero-order valence-corrected chi connectivity index (χ0v) is 10.3. The average molecular weight is 267 g/mol. The Balaban J connectivity index is 1.82. The molecule has 0 aliphatic carbocycles. The molecule has 8 heteroatoms. The summed E-state index contributed by atoms with van der Waals surface area (Å²) >= 11 is 2.55. The molecule has 0 aliphatic rings. The number of nitrogens with two attached hydrogens (primary N) is 1. The molecule has 0 saturated heterocycles. The van der Waals surface area contributed by atoms with Crippen molar-refractivity contribution in [3.8, 4) is 0 Å². The lowest BCUT2D eigenvalue weighted by Crippen LogP contribution is -2.14. The molecule has 0 aliphatic heterocycles. The molecule has 17 heavy (non-hydrogen) atoms. The first-order valence-corrected chi connectivity index (χ1v) is 6.47. The monoisotopic (exact) mass is 267 g/mol. The topological polar surface area (TPSA) is 93.8 Å². The summed E-state index contributed by atoms with van der Waals surface area (Å²) in [4.78, 5) is 15.5. The summed E-state index contributed by atoms with van der Waals surface area (Å²) in [6.07, 6.45) is 1.62. The van der Waals surface area contributed by atoms with Crippen LogP contribution in [0.3, 0.4) is 0 Å². The number of nitrogens with one attached hydrogen (secondary N) is 1. The number of hydrogen-bond acceptors (Lipinski definition) is 7. The number of carbonyl (C=O) groups is 1. The highest BCUT2D eigenvalue weighted by Crippen LogP contribution is 2.23. The minimum Gasteiger partial charge on any atom is -0.374 e. The van der Waals surface area contributed by atoms with Gasteiger partial charge in [-0.3, -0.25) is 4.79 Å². The van der Waals surface area contributed by atoms with Crippen molar-refractivity contribution in [1.82, 2.24) is 15.2 Å². The standard InChI is InChI=1S/C9H9N5OS2/c10-8-13-14-9(17-8)16-5-7(15)12-6-3-1-2-4-11-6/h1-4H,5H2,(H2,10,13)(H,11,12,15). The molecule has 2 rings (SSSR count). The van der Waals surface area contributed by atoms with Crippen LogP contribution >= 0.6 is 23.1 Å². The molecule has 0 bridgehead atoms. The molecule has 88 valence electrons. The second kappa shape index (κ2) is 5.60. The fourth-order valence-electron chi connectivity index (χ4n) is 1.02. The number of anilines is 2. The van der Waals surface area contributed by atoms with Gasteiger partial charge in [0.2, 0.25) is 11.0 Å². The first-order valence-electron chi connectivity index (χ1n) is 4.67. The molecular weight excluding hydrogens is 258 g/mol. The normalized spacial score (nSPS) is 10.1. The Hall–Kier alpha value is -1.67. The quantitative estimate of drug-likeness (QED) is 0.810. The van der Waals surface area contributed by atoms with Gasteiger partial charge >= 0.3 is 0 Å². The number of nitrogens with zero attached hydrogens (tertiary/aromatic N) is 3. The molecule has 0 saturated carbocycles. The third-order valence-corrected chi connectivity index (χ3v) is 3.57. The third-order valence-electron chi connectivity index (χ3n) is 1.68. The van der Waals surface area contributed by atoms with Gasteiger partial charge in [-0.25, -0.2) is 4.98 Å². The Morgan fingerprint density at radius 2 is 2.35 bits per heavy atom. The van der Waals surface area contributed by atoms with Crippen LogP contribution in [0.15, 0.2) is 28.7 Å². The van der Waals surface area contributed by atoms with E-state index in [-0.39, 0.29) is 11.7 Å². The van der Waals surface area contributed by atoms with E-state index in [1.54, 1.807) is 24.4 Å². The van der Waals surface area contributed by atoms with Crippen LogP contribution in [0, 0.1) is 0 Å². The van der Waals surface area contributed by atoms with Crippen molar-refractivity contribution in [3.63, 3.8) is 0 Å². The van der Waals surface area contributed by atoms with Gasteiger partial charge in [0.15, 0.2) is 4.34 Å². The van der Waals surface area contributed by atoms with Crippen LogP contribution in [0.25, 0.3) is 0 Å². The number of thioether (sulfide) groups is 1. The summed E-state index contributed by atoms with van der Waals surface area (Å²) < 4.78 is 0.679. The molecule has 2 heterocycles. The van der Waals surface area contributed by atoms with E-state index in [0.29, 0.717) is 15.3 Å². The number of rotatable bonds is 4. The fourth-order valence-corrected chi connectivity index (χ4v) is 2.46. The van der Waals surface area contributed by atoms with Crippen LogP contribution in [0.2, 0.25) is 0 Å². The zero-order chi connectivity index (χ0) is 12.1. The highest BCUT2D eigenvalue weighted by atomic mass is 32.2. The van der Waals surface area contributed by atoms with Gasteiger partial charge < -0.3 is 11.1 Å². The van der Waals surface area contributed by atoms with Gasteiger partial charge in [-0.15, -0.1) is 10.2 Å². The number of hydrogen-bond donors (Lipinski definition) is 2. The number of aromatic nitrogens is 3. The van der Waals surface area contributed by atoms with Crippen LogP contribution < -0.4 is 11.1 Å². The summed E-state index contributed by atoms with van der Waals surface area (Å²) in [6, 6.07) is 5.32. The van der Waals surface area contributed by atoms with Crippen molar-refractivity contribution in [2.45, 2.75) is 4.34 Å². The smallest absolute Gasteiger partial charge is 0.235 e. The van der Waals surface area contributed by atoms with Crippen LogP contribution in [0.4, 0.5) is 10.9 Å². The summed E-state index contributed by atoms with van der Waals surface area (Å²) in [5, 5.41) is 10.5. The van der Waals surface area contributed by atoms with Crippen LogP contribution in [-0.2, 0) is 4.79 Å². The Morgan fingerprint density at radius 3 is 3.00 bits per heavy atom. The number of pyridine rings is 1. The Labute approximate surface area is 106 Å². The van der Waals surface area contributed by atoms with Crippen LogP contribution in [0.5, 0.6) is 0 Å². The molecule has 1 amide bonds. The summed E-state index contributed by atoms with van der Waals surface area (Å²) in [6.45, 7) is 0. The van der Waals surface area contributed by atoms with E-state index in [4.69, 9.17) is 5.73 Å². The van der Waals surface area contributed by atoms with E-state index in [2.05, 4.69) is 20.5 Å². The molecule has 0 aromatic carbocycles. The molecular formula is C9H9N5OS2. The molecule has 0 atom stereocenters. The maximum Gasteiger partial charge on any atom is 0.235 e. The predicted molar refractivity (Wildman–Crippen MR) is 67.9 cm³/mol. The van der Waals surface area contributed by atoms with E-state index >= 15 is 0 Å². The predicted octanol–water partition coefficient (Wildman–Crippen LogP) is 1.25. The lowest BCUT2D eigenvalue weighted by atomic mass is 10.4. The van der Waals surface area contributed by atoms with Gasteiger partial charge in [-0.2, -0.15) is 0 Å². The van der Waals surface area contributed by atoms with Crippen molar-refractivity contribution >= 4 is 40.0 Å². The Bertz CT molecular complexity index is 501. The summed E-state index contributed by atoms with van der Waals surface area (Å²) in [5.74, 6) is 0.655. The average Bonchev–Trinajstić information content (AvgIpc) is 2.74. The van der Waals surface area contributed by atoms with Gasteiger partial charge in [0.05, 0.1) is 5.75 Å². The van der Waals surface area contributed by atoms with E-state index < -0.39 is 0 Å². The Morgan fingerprint density at radius 1 is 1.47 bits per heavy atom. The zero-order valence-electron chi connectivity index (χ0n) is 8.66. The van der Waals surface area contributed by atoms with E-state index in [1.807, 2.05) is 0 Å². The number of amides is 1. The number of nitrogen functional groups attached to an aromatic ring is 1. The van der Waals surface area contributed by atoms with Crippen LogP contribution in [-0.4, -0.2) is 26.8 Å². The minimum absolute atomic E-state index is 0.137. The third kappa shape index (κ3) is 3.68.